The van der Waals surface area contributed by atoms with E-state index in [2.05, 4.69) is 32.4 Å². The molecule has 10 heteroatoms. The van der Waals surface area contributed by atoms with Gasteiger partial charge in [0.1, 0.15) is 17.1 Å². The molecule has 5 rings (SSSR count). The second kappa shape index (κ2) is 10.3. The normalized spacial score (nSPS) is 14.1. The molecule has 0 atom stereocenters. The standard InChI is InChI=1S/C27H28N6O4/c1-4-32-12-13-33(24(34)16-32)19-7-5-6-18(14-19)30-27-29-11-10-23(31-27)37-20-8-9-21-22(15-20)36-17(2)25(21)26(35)28-3/h5-11,14-15H,4,12-13,16H2,1-3H3,(H,28,35)(H,29,30,31). The number of rotatable bonds is 7. The maximum Gasteiger partial charge on any atom is 0.255 e. The molecule has 0 radical (unpaired) electrons. The Kier molecular flexibility index (Phi) is 6.74. The van der Waals surface area contributed by atoms with Gasteiger partial charge in [0.05, 0.1) is 12.1 Å². The highest BCUT2D eigenvalue weighted by atomic mass is 16.5. The average Bonchev–Trinajstić information content (AvgIpc) is 3.23. The first-order valence-corrected chi connectivity index (χ1v) is 12.1. The summed E-state index contributed by atoms with van der Waals surface area (Å²) in [6.07, 6.45) is 1.60. The van der Waals surface area contributed by atoms with Gasteiger partial charge in [-0.05, 0) is 43.8 Å². The minimum atomic E-state index is -0.201. The Morgan fingerprint density at radius 2 is 2.03 bits per heavy atom. The number of nitrogens with zero attached hydrogens (tertiary/aromatic N) is 4. The first-order valence-electron chi connectivity index (χ1n) is 12.1. The molecular formula is C27H28N6O4. The molecule has 0 spiro atoms. The number of ether oxygens (including phenoxy) is 1. The van der Waals surface area contributed by atoms with Gasteiger partial charge in [0, 0.05) is 55.2 Å². The van der Waals surface area contributed by atoms with Crippen molar-refractivity contribution in [2.24, 2.45) is 0 Å². The van der Waals surface area contributed by atoms with E-state index in [0.717, 1.165) is 24.5 Å². The Morgan fingerprint density at radius 3 is 2.81 bits per heavy atom. The third-order valence-corrected chi connectivity index (χ3v) is 6.31. The molecule has 2 N–H and O–H groups in total. The maximum atomic E-state index is 12.6. The van der Waals surface area contributed by atoms with Crippen molar-refractivity contribution in [1.82, 2.24) is 20.2 Å². The molecule has 1 fully saturated rings. The van der Waals surface area contributed by atoms with E-state index < -0.39 is 0 Å². The lowest BCUT2D eigenvalue weighted by Crippen LogP contribution is -2.50. The number of hydrogen-bond acceptors (Lipinski definition) is 8. The van der Waals surface area contributed by atoms with Crippen molar-refractivity contribution >= 4 is 40.1 Å². The van der Waals surface area contributed by atoms with Crippen LogP contribution < -0.4 is 20.3 Å². The molecule has 10 nitrogen and oxygen atoms in total. The third kappa shape index (κ3) is 5.10. The molecule has 0 unspecified atom stereocenters. The van der Waals surface area contributed by atoms with Crippen LogP contribution in [0.15, 0.2) is 59.1 Å². The van der Waals surface area contributed by atoms with Crippen molar-refractivity contribution in [2.45, 2.75) is 13.8 Å². The van der Waals surface area contributed by atoms with Crippen LogP contribution in [0, 0.1) is 6.92 Å². The first kappa shape index (κ1) is 24.3. The smallest absolute Gasteiger partial charge is 0.255 e. The van der Waals surface area contributed by atoms with E-state index in [1.807, 2.05) is 24.3 Å². The average molecular weight is 501 g/mol. The zero-order valence-corrected chi connectivity index (χ0v) is 20.9. The molecule has 2 amide bonds. The third-order valence-electron chi connectivity index (χ3n) is 6.31. The minimum absolute atomic E-state index is 0.0862. The Labute approximate surface area is 214 Å². The number of carbonyl (C=O) groups is 2. The number of piperazine rings is 1. The van der Waals surface area contributed by atoms with E-state index in [9.17, 15) is 9.59 Å². The summed E-state index contributed by atoms with van der Waals surface area (Å²) in [4.78, 5) is 37.5. The zero-order valence-electron chi connectivity index (χ0n) is 20.9. The van der Waals surface area contributed by atoms with Crippen molar-refractivity contribution in [1.29, 1.82) is 0 Å². The fourth-order valence-corrected chi connectivity index (χ4v) is 4.40. The van der Waals surface area contributed by atoms with E-state index in [1.165, 1.54) is 0 Å². The Bertz CT molecular complexity index is 1470. The minimum Gasteiger partial charge on any atom is -0.460 e. The lowest BCUT2D eigenvalue weighted by atomic mass is 10.1. The lowest BCUT2D eigenvalue weighted by molar-refractivity contribution is -0.121. The summed E-state index contributed by atoms with van der Waals surface area (Å²) in [6, 6.07) is 14.6. The lowest BCUT2D eigenvalue weighted by Gasteiger charge is -2.33. The number of benzene rings is 2. The van der Waals surface area contributed by atoms with E-state index in [1.54, 1.807) is 49.3 Å². The van der Waals surface area contributed by atoms with Crippen molar-refractivity contribution in [3.63, 3.8) is 0 Å². The van der Waals surface area contributed by atoms with Crippen molar-refractivity contribution in [3.8, 4) is 11.6 Å². The van der Waals surface area contributed by atoms with Gasteiger partial charge in [0.25, 0.3) is 5.91 Å². The summed E-state index contributed by atoms with van der Waals surface area (Å²) >= 11 is 0. The van der Waals surface area contributed by atoms with Gasteiger partial charge in [-0.2, -0.15) is 4.98 Å². The van der Waals surface area contributed by atoms with Crippen molar-refractivity contribution in [3.05, 3.63) is 66.1 Å². The highest BCUT2D eigenvalue weighted by molar-refractivity contribution is 6.07. The van der Waals surface area contributed by atoms with Gasteiger partial charge >= 0.3 is 0 Å². The number of nitrogens with one attached hydrogen (secondary N) is 2. The maximum absolute atomic E-state index is 12.6. The number of amides is 2. The van der Waals surface area contributed by atoms with Gasteiger partial charge in [-0.1, -0.05) is 13.0 Å². The first-order chi connectivity index (χ1) is 17.9. The van der Waals surface area contributed by atoms with Gasteiger partial charge in [0.15, 0.2) is 0 Å². The molecule has 1 aliphatic rings. The predicted octanol–water partition coefficient (Wildman–Crippen LogP) is 4.10. The molecule has 0 bridgehead atoms. The van der Waals surface area contributed by atoms with Crippen LogP contribution in [0.2, 0.25) is 0 Å². The number of aromatic nitrogens is 2. The number of aryl methyl sites for hydroxylation is 1. The Hall–Kier alpha value is -4.44. The van der Waals surface area contributed by atoms with E-state index in [4.69, 9.17) is 9.15 Å². The van der Waals surface area contributed by atoms with Crippen LogP contribution in [-0.2, 0) is 4.79 Å². The van der Waals surface area contributed by atoms with E-state index in [0.29, 0.717) is 53.0 Å². The monoisotopic (exact) mass is 500 g/mol. The van der Waals surface area contributed by atoms with Crippen LogP contribution in [0.4, 0.5) is 17.3 Å². The highest BCUT2D eigenvalue weighted by Crippen LogP contribution is 2.31. The molecule has 4 aromatic rings. The summed E-state index contributed by atoms with van der Waals surface area (Å²) in [6.45, 7) is 6.60. The number of anilines is 3. The van der Waals surface area contributed by atoms with Crippen LogP contribution in [0.25, 0.3) is 11.0 Å². The van der Waals surface area contributed by atoms with Gasteiger partial charge in [-0.25, -0.2) is 4.98 Å². The van der Waals surface area contributed by atoms with Crippen molar-refractivity contribution < 1.29 is 18.7 Å². The van der Waals surface area contributed by atoms with Gasteiger partial charge in [-0.15, -0.1) is 0 Å². The highest BCUT2D eigenvalue weighted by Gasteiger charge is 2.24. The molecule has 2 aromatic carbocycles. The Balaban J connectivity index is 1.31. The predicted molar refractivity (Wildman–Crippen MR) is 141 cm³/mol. The summed E-state index contributed by atoms with van der Waals surface area (Å²) in [5, 5.41) is 6.54. The number of fused-ring (bicyclic) bond motifs is 1. The fourth-order valence-electron chi connectivity index (χ4n) is 4.40. The SMILES string of the molecule is CCN1CCN(c2cccc(Nc3nccc(Oc4ccc5c(C(=O)NC)c(C)oc5c4)n3)c2)C(=O)C1. The number of furan rings is 1. The molecule has 3 heterocycles. The van der Waals surface area contributed by atoms with Gasteiger partial charge in [-0.3, -0.25) is 14.5 Å². The second-order valence-corrected chi connectivity index (χ2v) is 8.68. The Morgan fingerprint density at radius 1 is 1.16 bits per heavy atom. The summed E-state index contributed by atoms with van der Waals surface area (Å²) in [7, 11) is 1.59. The molecule has 190 valence electrons. The number of hydrogen-bond donors (Lipinski definition) is 2. The van der Waals surface area contributed by atoms with E-state index in [-0.39, 0.29) is 11.8 Å². The molecular weight excluding hydrogens is 472 g/mol. The largest absolute Gasteiger partial charge is 0.460 e. The molecule has 2 aromatic heterocycles. The second-order valence-electron chi connectivity index (χ2n) is 8.68. The molecule has 0 saturated carbocycles. The van der Waals surface area contributed by atoms with Crippen molar-refractivity contribution in [2.75, 3.05) is 43.4 Å². The molecule has 1 aliphatic heterocycles. The molecule has 0 aliphatic carbocycles. The van der Waals surface area contributed by atoms with Crippen LogP contribution >= 0.6 is 0 Å². The fraction of sp³-hybridized carbons (Fsp3) is 0.259. The summed E-state index contributed by atoms with van der Waals surface area (Å²) in [5.74, 6) is 1.63. The topological polar surface area (TPSA) is 113 Å². The quantitative estimate of drug-likeness (QED) is 0.390. The summed E-state index contributed by atoms with van der Waals surface area (Å²) in [5.41, 5.74) is 2.65. The van der Waals surface area contributed by atoms with Crippen LogP contribution in [-0.4, -0.2) is 59.9 Å². The van der Waals surface area contributed by atoms with Crippen LogP contribution in [0.5, 0.6) is 11.6 Å². The van der Waals surface area contributed by atoms with Gasteiger partial charge < -0.3 is 24.7 Å². The van der Waals surface area contributed by atoms with Crippen LogP contribution in [0.3, 0.4) is 0 Å². The van der Waals surface area contributed by atoms with Gasteiger partial charge in [0.2, 0.25) is 17.7 Å². The van der Waals surface area contributed by atoms with Crippen LogP contribution in [0.1, 0.15) is 23.0 Å². The zero-order chi connectivity index (χ0) is 25.9. The van der Waals surface area contributed by atoms with E-state index >= 15 is 0 Å². The summed E-state index contributed by atoms with van der Waals surface area (Å²) < 4.78 is 11.7. The molecule has 37 heavy (non-hydrogen) atoms. The molecule has 1 saturated heterocycles. The number of carbonyl (C=O) groups excluding carboxylic acids is 2. The number of likely N-dealkylation sites (N-methyl/N-ethyl adjacent to an activating group) is 1.